The van der Waals surface area contributed by atoms with Crippen molar-refractivity contribution in [3.05, 3.63) is 77.5 Å². The molecule has 0 aliphatic carbocycles. The van der Waals surface area contributed by atoms with Crippen molar-refractivity contribution in [1.82, 2.24) is 10.2 Å². The molecule has 3 aromatic rings. The molecule has 1 atom stereocenters. The van der Waals surface area contributed by atoms with E-state index in [1.807, 2.05) is 37.3 Å². The molecule has 2 heterocycles. The first-order chi connectivity index (χ1) is 13.2. The number of nitrogens with zero attached hydrogens (tertiary/aromatic N) is 4. The molecule has 132 valence electrons. The number of rotatable bonds is 3. The minimum absolute atomic E-state index is 0.0863. The zero-order valence-electron chi connectivity index (χ0n) is 14.8. The molecule has 0 radical (unpaired) electrons. The van der Waals surface area contributed by atoms with E-state index in [0.29, 0.717) is 17.1 Å². The molecule has 6 heteroatoms. The molecule has 1 aliphatic rings. The highest BCUT2D eigenvalue weighted by atomic mass is 16.2. The van der Waals surface area contributed by atoms with E-state index >= 15 is 0 Å². The maximum Gasteiger partial charge on any atom is 0.279 e. The number of hydrogen-bond donors (Lipinski definition) is 1. The van der Waals surface area contributed by atoms with Crippen LogP contribution >= 0.6 is 0 Å². The van der Waals surface area contributed by atoms with E-state index in [0.717, 1.165) is 17.8 Å². The van der Waals surface area contributed by atoms with Gasteiger partial charge in [-0.05, 0) is 55.3 Å². The fraction of sp³-hybridized carbons (Fsp3) is 0.143. The number of carbonyl (C=O) groups is 1. The van der Waals surface area contributed by atoms with Gasteiger partial charge < -0.3 is 10.2 Å². The molecule has 1 amide bonds. The fourth-order valence-corrected chi connectivity index (χ4v) is 3.33. The molecule has 0 bridgehead atoms. The van der Waals surface area contributed by atoms with Gasteiger partial charge in [-0.15, -0.1) is 10.2 Å². The highest BCUT2D eigenvalue weighted by Crippen LogP contribution is 2.32. The monoisotopic (exact) mass is 355 g/mol. The number of nitriles is 1. The van der Waals surface area contributed by atoms with Crippen LogP contribution in [0.3, 0.4) is 0 Å². The third kappa shape index (κ3) is 3.23. The van der Waals surface area contributed by atoms with E-state index in [1.54, 1.807) is 35.2 Å². The Morgan fingerprint density at radius 2 is 2.00 bits per heavy atom. The molecule has 1 aliphatic heterocycles. The van der Waals surface area contributed by atoms with Crippen molar-refractivity contribution < 1.29 is 4.79 Å². The summed E-state index contributed by atoms with van der Waals surface area (Å²) in [7, 11) is 0. The summed E-state index contributed by atoms with van der Waals surface area (Å²) >= 11 is 0. The first-order valence-electron chi connectivity index (χ1n) is 8.68. The Balaban J connectivity index is 1.54. The lowest BCUT2D eigenvalue weighted by Crippen LogP contribution is -2.36. The Morgan fingerprint density at radius 3 is 2.78 bits per heavy atom. The predicted octanol–water partition coefficient (Wildman–Crippen LogP) is 3.68. The molecule has 0 spiro atoms. The summed E-state index contributed by atoms with van der Waals surface area (Å²) in [6, 6.07) is 20.6. The van der Waals surface area contributed by atoms with Crippen LogP contribution in [0.1, 0.15) is 28.5 Å². The van der Waals surface area contributed by atoms with Crippen molar-refractivity contribution in [3.63, 3.8) is 0 Å². The molecule has 1 unspecified atom stereocenters. The van der Waals surface area contributed by atoms with Gasteiger partial charge >= 0.3 is 0 Å². The first kappa shape index (κ1) is 16.7. The molecule has 4 rings (SSSR count). The van der Waals surface area contributed by atoms with Crippen molar-refractivity contribution in [2.24, 2.45) is 0 Å². The van der Waals surface area contributed by atoms with E-state index in [1.165, 1.54) is 5.56 Å². The smallest absolute Gasteiger partial charge is 0.279 e. The SMILES string of the molecule is CC1Cc2ccccc2N1C(=O)c1ccc(Nc2cccc(C#N)c2)nn1. The maximum absolute atomic E-state index is 12.9. The summed E-state index contributed by atoms with van der Waals surface area (Å²) in [5.41, 5.74) is 3.70. The number of para-hydroxylation sites is 1. The maximum atomic E-state index is 12.9. The van der Waals surface area contributed by atoms with Gasteiger partial charge in [0.05, 0.1) is 11.6 Å². The molecule has 27 heavy (non-hydrogen) atoms. The third-order valence-electron chi connectivity index (χ3n) is 4.57. The second kappa shape index (κ2) is 6.89. The molecule has 0 saturated carbocycles. The van der Waals surface area contributed by atoms with Gasteiger partial charge in [0.25, 0.3) is 5.91 Å². The van der Waals surface area contributed by atoms with Crippen LogP contribution in [0.15, 0.2) is 60.7 Å². The number of carbonyl (C=O) groups excluding carboxylic acids is 1. The minimum Gasteiger partial charge on any atom is -0.339 e. The number of aromatic nitrogens is 2. The zero-order valence-corrected chi connectivity index (χ0v) is 14.8. The van der Waals surface area contributed by atoms with Gasteiger partial charge in [-0.25, -0.2) is 0 Å². The Kier molecular flexibility index (Phi) is 4.27. The Hall–Kier alpha value is -3.72. The quantitative estimate of drug-likeness (QED) is 0.775. The average molecular weight is 355 g/mol. The van der Waals surface area contributed by atoms with Gasteiger partial charge in [0.1, 0.15) is 0 Å². The van der Waals surface area contributed by atoms with Gasteiger partial charge in [0.2, 0.25) is 0 Å². The molecule has 1 aromatic heterocycles. The van der Waals surface area contributed by atoms with Crippen molar-refractivity contribution in [1.29, 1.82) is 5.26 Å². The van der Waals surface area contributed by atoms with E-state index in [2.05, 4.69) is 21.6 Å². The number of hydrogen-bond acceptors (Lipinski definition) is 5. The van der Waals surface area contributed by atoms with Crippen molar-refractivity contribution in [2.75, 3.05) is 10.2 Å². The predicted molar refractivity (Wildman–Crippen MR) is 103 cm³/mol. The largest absolute Gasteiger partial charge is 0.339 e. The Labute approximate surface area is 157 Å². The summed E-state index contributed by atoms with van der Waals surface area (Å²) in [6.07, 6.45) is 0.838. The fourth-order valence-electron chi connectivity index (χ4n) is 3.33. The number of nitrogens with one attached hydrogen (secondary N) is 1. The molecule has 2 aromatic carbocycles. The van der Waals surface area contributed by atoms with E-state index < -0.39 is 0 Å². The van der Waals surface area contributed by atoms with Crippen LogP contribution in [0.25, 0.3) is 0 Å². The molecule has 0 saturated heterocycles. The van der Waals surface area contributed by atoms with Crippen LogP contribution in [0.5, 0.6) is 0 Å². The van der Waals surface area contributed by atoms with Crippen LogP contribution in [0.4, 0.5) is 17.2 Å². The second-order valence-corrected chi connectivity index (χ2v) is 6.48. The van der Waals surface area contributed by atoms with Crippen molar-refractivity contribution in [3.8, 4) is 6.07 Å². The van der Waals surface area contributed by atoms with Crippen LogP contribution in [-0.2, 0) is 6.42 Å². The van der Waals surface area contributed by atoms with Gasteiger partial charge in [-0.3, -0.25) is 4.79 Å². The van der Waals surface area contributed by atoms with Gasteiger partial charge in [0, 0.05) is 17.4 Å². The molecular formula is C21H17N5O. The third-order valence-corrected chi connectivity index (χ3v) is 4.57. The summed E-state index contributed by atoms with van der Waals surface area (Å²) in [5.74, 6) is 0.356. The summed E-state index contributed by atoms with van der Waals surface area (Å²) in [6.45, 7) is 2.03. The average Bonchev–Trinajstić information content (AvgIpc) is 3.04. The molecule has 1 N–H and O–H groups in total. The highest BCUT2D eigenvalue weighted by Gasteiger charge is 2.31. The van der Waals surface area contributed by atoms with Crippen molar-refractivity contribution >= 4 is 23.1 Å². The summed E-state index contributed by atoms with van der Waals surface area (Å²) in [4.78, 5) is 14.7. The van der Waals surface area contributed by atoms with Crippen LogP contribution in [0.2, 0.25) is 0 Å². The second-order valence-electron chi connectivity index (χ2n) is 6.48. The van der Waals surface area contributed by atoms with Crippen LogP contribution in [0, 0.1) is 11.3 Å². The Bertz CT molecular complexity index is 1040. The first-order valence-corrected chi connectivity index (χ1v) is 8.68. The summed E-state index contributed by atoms with van der Waals surface area (Å²) in [5, 5.41) is 20.3. The lowest BCUT2D eigenvalue weighted by Gasteiger charge is -2.22. The zero-order chi connectivity index (χ0) is 18.8. The number of amides is 1. The van der Waals surface area contributed by atoms with Crippen LogP contribution in [-0.4, -0.2) is 22.1 Å². The minimum atomic E-state index is -0.155. The van der Waals surface area contributed by atoms with E-state index in [-0.39, 0.29) is 11.9 Å². The number of fused-ring (bicyclic) bond motifs is 1. The number of anilines is 3. The standard InChI is InChI=1S/C21H17N5O/c1-14-11-16-6-2-3-8-19(16)26(14)21(27)18-9-10-20(25-24-18)23-17-7-4-5-15(12-17)13-22/h2-10,12,14H,11H2,1H3,(H,23,25). The van der Waals surface area contributed by atoms with Gasteiger partial charge in [-0.2, -0.15) is 5.26 Å². The molecule has 6 nitrogen and oxygen atoms in total. The molecule has 0 fully saturated rings. The normalized spacial score (nSPS) is 15.1. The molecular weight excluding hydrogens is 338 g/mol. The topological polar surface area (TPSA) is 81.9 Å². The van der Waals surface area contributed by atoms with E-state index in [9.17, 15) is 4.79 Å². The van der Waals surface area contributed by atoms with E-state index in [4.69, 9.17) is 5.26 Å². The number of benzene rings is 2. The van der Waals surface area contributed by atoms with Gasteiger partial charge in [0.15, 0.2) is 11.5 Å². The van der Waals surface area contributed by atoms with Crippen molar-refractivity contribution in [2.45, 2.75) is 19.4 Å². The summed E-state index contributed by atoms with van der Waals surface area (Å²) < 4.78 is 0. The Morgan fingerprint density at radius 1 is 1.15 bits per heavy atom. The van der Waals surface area contributed by atoms with Crippen LogP contribution < -0.4 is 10.2 Å². The highest BCUT2D eigenvalue weighted by molar-refractivity contribution is 6.06. The van der Waals surface area contributed by atoms with Gasteiger partial charge in [-0.1, -0.05) is 24.3 Å². The lowest BCUT2D eigenvalue weighted by molar-refractivity contribution is 0.0975. The lowest BCUT2D eigenvalue weighted by atomic mass is 10.1.